The van der Waals surface area contributed by atoms with Crippen LogP contribution in [0.3, 0.4) is 0 Å². The molecule has 0 radical (unpaired) electrons. The van der Waals surface area contributed by atoms with Gasteiger partial charge >= 0.3 is 5.97 Å². The summed E-state index contributed by atoms with van der Waals surface area (Å²) in [5.41, 5.74) is 1.23. The van der Waals surface area contributed by atoms with E-state index in [0.29, 0.717) is 29.9 Å². The van der Waals surface area contributed by atoms with Crippen LogP contribution in [-0.4, -0.2) is 37.2 Å². The molecule has 1 amide bonds. The first-order valence-corrected chi connectivity index (χ1v) is 7.31. The van der Waals surface area contributed by atoms with Gasteiger partial charge in [0.25, 0.3) is 5.91 Å². The Labute approximate surface area is 136 Å². The Hall–Kier alpha value is -2.50. The van der Waals surface area contributed by atoms with Crippen molar-refractivity contribution in [2.75, 3.05) is 14.2 Å². The quantitative estimate of drug-likeness (QED) is 0.682. The first-order chi connectivity index (χ1) is 10.9. The largest absolute Gasteiger partial charge is 0.493 e. The molecule has 0 saturated carbocycles. The molecule has 23 heavy (non-hydrogen) atoms. The predicted octanol–water partition coefficient (Wildman–Crippen LogP) is 2.42. The van der Waals surface area contributed by atoms with Gasteiger partial charge in [0.15, 0.2) is 11.5 Å². The standard InChI is InChI=1S/C17H23NO5/c1-5-6-12-9-13(10-14(22-3)16(12)23-4)17(21)18-11(2)7-8-15(19)20/h5,9-11H,1,6-8H2,2-4H3,(H,18,21)(H,19,20). The van der Waals surface area contributed by atoms with Gasteiger partial charge in [-0.1, -0.05) is 6.08 Å². The van der Waals surface area contributed by atoms with Gasteiger partial charge in [-0.3, -0.25) is 9.59 Å². The number of carboxylic acid groups (broad SMARTS) is 1. The van der Waals surface area contributed by atoms with Crippen molar-refractivity contribution in [2.45, 2.75) is 32.2 Å². The highest BCUT2D eigenvalue weighted by molar-refractivity contribution is 5.95. The topological polar surface area (TPSA) is 84.9 Å². The fourth-order valence-corrected chi connectivity index (χ4v) is 2.20. The lowest BCUT2D eigenvalue weighted by Gasteiger charge is -2.16. The van der Waals surface area contributed by atoms with Crippen LogP contribution in [-0.2, 0) is 11.2 Å². The van der Waals surface area contributed by atoms with Crippen LogP contribution < -0.4 is 14.8 Å². The van der Waals surface area contributed by atoms with Gasteiger partial charge in [0.2, 0.25) is 0 Å². The highest BCUT2D eigenvalue weighted by Crippen LogP contribution is 2.33. The molecule has 1 atom stereocenters. The van der Waals surface area contributed by atoms with Crippen molar-refractivity contribution in [3.05, 3.63) is 35.9 Å². The maximum absolute atomic E-state index is 12.3. The van der Waals surface area contributed by atoms with Crippen LogP contribution in [0.1, 0.15) is 35.7 Å². The van der Waals surface area contributed by atoms with Crippen LogP contribution in [0, 0.1) is 0 Å². The summed E-state index contributed by atoms with van der Waals surface area (Å²) in [6.07, 6.45) is 2.63. The number of methoxy groups -OCH3 is 2. The molecule has 0 aromatic heterocycles. The molecule has 0 saturated heterocycles. The van der Waals surface area contributed by atoms with Crippen LogP contribution in [0.25, 0.3) is 0 Å². The number of allylic oxidation sites excluding steroid dienone is 1. The van der Waals surface area contributed by atoms with Gasteiger partial charge in [0.05, 0.1) is 14.2 Å². The van der Waals surface area contributed by atoms with E-state index in [2.05, 4.69) is 11.9 Å². The van der Waals surface area contributed by atoms with Crippen molar-refractivity contribution in [3.8, 4) is 11.5 Å². The lowest BCUT2D eigenvalue weighted by Crippen LogP contribution is -2.33. The Bertz CT molecular complexity index is 583. The minimum Gasteiger partial charge on any atom is -0.493 e. The van der Waals surface area contributed by atoms with Crippen LogP contribution >= 0.6 is 0 Å². The first-order valence-electron chi connectivity index (χ1n) is 7.31. The number of hydrogen-bond acceptors (Lipinski definition) is 4. The molecule has 6 nitrogen and oxygen atoms in total. The number of carboxylic acids is 1. The maximum Gasteiger partial charge on any atom is 0.303 e. The van der Waals surface area contributed by atoms with Crippen LogP contribution in [0.2, 0.25) is 0 Å². The molecule has 1 unspecified atom stereocenters. The lowest BCUT2D eigenvalue weighted by molar-refractivity contribution is -0.137. The molecule has 0 aliphatic rings. The zero-order valence-corrected chi connectivity index (χ0v) is 13.7. The second-order valence-electron chi connectivity index (χ2n) is 5.17. The number of rotatable bonds is 9. The molecule has 6 heteroatoms. The molecular weight excluding hydrogens is 298 g/mol. The number of benzene rings is 1. The van der Waals surface area contributed by atoms with Gasteiger partial charge in [-0.25, -0.2) is 0 Å². The number of aliphatic carboxylic acids is 1. The van der Waals surface area contributed by atoms with Crippen molar-refractivity contribution in [1.29, 1.82) is 0 Å². The molecule has 0 spiro atoms. The van der Waals surface area contributed by atoms with Gasteiger partial charge in [0, 0.05) is 23.6 Å². The van der Waals surface area contributed by atoms with Crippen LogP contribution in [0.5, 0.6) is 11.5 Å². The van der Waals surface area contributed by atoms with Crippen molar-refractivity contribution in [2.24, 2.45) is 0 Å². The fraction of sp³-hybridized carbons (Fsp3) is 0.412. The van der Waals surface area contributed by atoms with Crippen LogP contribution in [0.4, 0.5) is 0 Å². The van der Waals surface area contributed by atoms with Gasteiger partial charge in [0.1, 0.15) is 0 Å². The summed E-state index contributed by atoms with van der Waals surface area (Å²) in [6.45, 7) is 5.47. The van der Waals surface area contributed by atoms with E-state index in [0.717, 1.165) is 5.56 Å². The number of nitrogens with one attached hydrogen (secondary N) is 1. The van der Waals surface area contributed by atoms with Crippen molar-refractivity contribution >= 4 is 11.9 Å². The van der Waals surface area contributed by atoms with E-state index in [1.807, 2.05) is 0 Å². The third kappa shape index (κ3) is 5.32. The number of carbonyl (C=O) groups is 2. The molecule has 0 aliphatic carbocycles. The van der Waals surface area contributed by atoms with E-state index in [1.165, 1.54) is 14.2 Å². The summed E-state index contributed by atoms with van der Waals surface area (Å²) in [6, 6.07) is 3.09. The average Bonchev–Trinajstić information content (AvgIpc) is 2.52. The highest BCUT2D eigenvalue weighted by Gasteiger charge is 2.17. The van der Waals surface area contributed by atoms with E-state index >= 15 is 0 Å². The van der Waals surface area contributed by atoms with Crippen LogP contribution in [0.15, 0.2) is 24.8 Å². The molecule has 1 rings (SSSR count). The summed E-state index contributed by atoms with van der Waals surface area (Å²) >= 11 is 0. The molecule has 0 bridgehead atoms. The molecule has 2 N–H and O–H groups in total. The Morgan fingerprint density at radius 2 is 2.04 bits per heavy atom. The highest BCUT2D eigenvalue weighted by atomic mass is 16.5. The Balaban J connectivity index is 2.97. The fourth-order valence-electron chi connectivity index (χ4n) is 2.20. The van der Waals surface area contributed by atoms with Crippen molar-refractivity contribution in [1.82, 2.24) is 5.32 Å². The van der Waals surface area contributed by atoms with Crippen molar-refractivity contribution < 1.29 is 24.2 Å². The zero-order valence-electron chi connectivity index (χ0n) is 13.7. The Morgan fingerprint density at radius 3 is 2.57 bits per heavy atom. The van der Waals surface area contributed by atoms with E-state index in [-0.39, 0.29) is 18.4 Å². The molecular formula is C17H23NO5. The number of hydrogen-bond donors (Lipinski definition) is 2. The normalized spacial score (nSPS) is 11.4. The predicted molar refractivity (Wildman–Crippen MR) is 87.2 cm³/mol. The number of amides is 1. The summed E-state index contributed by atoms with van der Waals surface area (Å²) in [5, 5.41) is 11.5. The first kappa shape index (κ1) is 18.5. The Kier molecular flexibility index (Phi) is 7.12. The summed E-state index contributed by atoms with van der Waals surface area (Å²) in [4.78, 5) is 22.9. The third-order valence-electron chi connectivity index (χ3n) is 3.35. The van der Waals surface area contributed by atoms with E-state index in [1.54, 1.807) is 25.1 Å². The second kappa shape index (κ2) is 8.82. The smallest absolute Gasteiger partial charge is 0.303 e. The molecule has 1 aromatic rings. The third-order valence-corrected chi connectivity index (χ3v) is 3.35. The molecule has 126 valence electrons. The van der Waals surface area contributed by atoms with E-state index in [4.69, 9.17) is 14.6 Å². The summed E-state index contributed by atoms with van der Waals surface area (Å²) in [5.74, 6) is -0.127. The van der Waals surface area contributed by atoms with Gasteiger partial charge in [-0.15, -0.1) is 6.58 Å². The maximum atomic E-state index is 12.3. The average molecular weight is 321 g/mol. The number of carbonyl (C=O) groups excluding carboxylic acids is 1. The minimum absolute atomic E-state index is 0.00902. The second-order valence-corrected chi connectivity index (χ2v) is 5.17. The SMILES string of the molecule is C=CCc1cc(C(=O)NC(C)CCC(=O)O)cc(OC)c1OC. The van der Waals surface area contributed by atoms with Crippen molar-refractivity contribution in [3.63, 3.8) is 0 Å². The van der Waals surface area contributed by atoms with Gasteiger partial charge in [-0.05, 0) is 31.9 Å². The molecule has 1 aromatic carbocycles. The van der Waals surface area contributed by atoms with Gasteiger partial charge < -0.3 is 19.9 Å². The zero-order chi connectivity index (χ0) is 17.4. The monoisotopic (exact) mass is 321 g/mol. The number of ether oxygens (including phenoxy) is 2. The minimum atomic E-state index is -0.884. The Morgan fingerprint density at radius 1 is 1.35 bits per heavy atom. The van der Waals surface area contributed by atoms with Gasteiger partial charge in [-0.2, -0.15) is 0 Å². The lowest BCUT2D eigenvalue weighted by atomic mass is 10.0. The molecule has 0 fully saturated rings. The summed E-state index contributed by atoms with van der Waals surface area (Å²) < 4.78 is 10.6. The summed E-state index contributed by atoms with van der Waals surface area (Å²) in [7, 11) is 3.05. The molecule has 0 heterocycles. The van der Waals surface area contributed by atoms with E-state index in [9.17, 15) is 9.59 Å². The van der Waals surface area contributed by atoms with E-state index < -0.39 is 5.97 Å². The molecule has 0 aliphatic heterocycles.